The molecule has 23 heavy (non-hydrogen) atoms. The number of amides is 1. The number of hydrogen-bond donors (Lipinski definition) is 2. The van der Waals surface area contributed by atoms with Crippen molar-refractivity contribution in [1.82, 2.24) is 5.43 Å². The first-order valence-electron chi connectivity index (χ1n) is 6.70. The van der Waals surface area contributed by atoms with E-state index in [1.54, 1.807) is 12.1 Å². The van der Waals surface area contributed by atoms with E-state index in [1.165, 1.54) is 12.1 Å². The lowest BCUT2D eigenvalue weighted by molar-refractivity contribution is -0.121. The number of hydrazone groups is 1. The van der Waals surface area contributed by atoms with Gasteiger partial charge in [0.1, 0.15) is 17.4 Å². The van der Waals surface area contributed by atoms with Crippen LogP contribution in [-0.4, -0.2) is 17.2 Å². The van der Waals surface area contributed by atoms with Gasteiger partial charge in [0.25, 0.3) is 0 Å². The van der Waals surface area contributed by atoms with Crippen molar-refractivity contribution in [3.8, 4) is 5.75 Å². The predicted molar refractivity (Wildman–Crippen MR) is 83.5 cm³/mol. The standard InChI is InChI=1S/C16H13ClF2N2O2/c17-14-8-13(19)7-11(16(14)23)9-20-21-15(22)6-3-10-1-4-12(18)5-2-10/h1-2,4-5,7-9,23H,3,6H2,(H,21,22)/b20-9+. The fraction of sp³-hybridized carbons (Fsp3) is 0.125. The van der Waals surface area contributed by atoms with E-state index in [0.717, 1.165) is 23.9 Å². The van der Waals surface area contributed by atoms with Gasteiger partial charge in [-0.25, -0.2) is 14.2 Å². The number of benzene rings is 2. The van der Waals surface area contributed by atoms with E-state index in [1.807, 2.05) is 0 Å². The van der Waals surface area contributed by atoms with Gasteiger partial charge in [-0.05, 0) is 36.2 Å². The van der Waals surface area contributed by atoms with Gasteiger partial charge in [-0.1, -0.05) is 23.7 Å². The van der Waals surface area contributed by atoms with Crippen molar-refractivity contribution in [2.75, 3.05) is 0 Å². The lowest BCUT2D eigenvalue weighted by Crippen LogP contribution is -2.17. The summed E-state index contributed by atoms with van der Waals surface area (Å²) in [4.78, 5) is 11.6. The van der Waals surface area contributed by atoms with Crippen LogP contribution in [0.1, 0.15) is 17.5 Å². The van der Waals surface area contributed by atoms with Gasteiger partial charge in [-0.2, -0.15) is 5.10 Å². The van der Waals surface area contributed by atoms with Crippen LogP contribution in [0.25, 0.3) is 0 Å². The highest BCUT2D eigenvalue weighted by molar-refractivity contribution is 6.32. The summed E-state index contributed by atoms with van der Waals surface area (Å²) in [7, 11) is 0. The molecule has 0 aliphatic carbocycles. The number of aromatic hydroxyl groups is 1. The molecular formula is C16H13ClF2N2O2. The molecular weight excluding hydrogens is 326 g/mol. The molecule has 7 heteroatoms. The minimum absolute atomic E-state index is 0.0498. The smallest absolute Gasteiger partial charge is 0.240 e. The Balaban J connectivity index is 1.88. The highest BCUT2D eigenvalue weighted by Gasteiger charge is 2.07. The Labute approximate surface area is 136 Å². The molecule has 2 aromatic rings. The van der Waals surface area contributed by atoms with E-state index >= 15 is 0 Å². The summed E-state index contributed by atoms with van der Waals surface area (Å²) in [6, 6.07) is 7.84. The minimum Gasteiger partial charge on any atom is -0.506 e. The number of rotatable bonds is 5. The van der Waals surface area contributed by atoms with Crippen molar-refractivity contribution in [2.24, 2.45) is 5.10 Å². The molecule has 4 nitrogen and oxygen atoms in total. The van der Waals surface area contributed by atoms with Gasteiger partial charge in [-0.15, -0.1) is 0 Å². The van der Waals surface area contributed by atoms with E-state index < -0.39 is 5.82 Å². The largest absolute Gasteiger partial charge is 0.506 e. The van der Waals surface area contributed by atoms with Crippen LogP contribution in [0.15, 0.2) is 41.5 Å². The Hall–Kier alpha value is -2.47. The Morgan fingerprint density at radius 2 is 1.91 bits per heavy atom. The number of phenols is 1. The SMILES string of the molecule is O=C(CCc1ccc(F)cc1)N/N=C/c1cc(F)cc(Cl)c1O. The van der Waals surface area contributed by atoms with Crippen LogP contribution in [0.2, 0.25) is 5.02 Å². The maximum Gasteiger partial charge on any atom is 0.240 e. The van der Waals surface area contributed by atoms with Crippen LogP contribution >= 0.6 is 11.6 Å². The maximum absolute atomic E-state index is 13.2. The number of nitrogens with zero attached hydrogens (tertiary/aromatic N) is 1. The van der Waals surface area contributed by atoms with Crippen LogP contribution in [0.3, 0.4) is 0 Å². The molecule has 0 spiro atoms. The molecule has 0 bridgehead atoms. The molecule has 0 atom stereocenters. The first kappa shape index (κ1) is 16.9. The average Bonchev–Trinajstić information content (AvgIpc) is 2.51. The molecule has 2 aromatic carbocycles. The third-order valence-corrected chi connectivity index (χ3v) is 3.29. The third kappa shape index (κ3) is 5.03. The molecule has 2 N–H and O–H groups in total. The van der Waals surface area contributed by atoms with Gasteiger partial charge in [0.15, 0.2) is 0 Å². The van der Waals surface area contributed by atoms with Gasteiger partial charge in [0.05, 0.1) is 11.2 Å². The molecule has 0 aliphatic rings. The van der Waals surface area contributed by atoms with Gasteiger partial charge < -0.3 is 5.11 Å². The summed E-state index contributed by atoms with van der Waals surface area (Å²) in [6.45, 7) is 0. The van der Waals surface area contributed by atoms with Gasteiger partial charge >= 0.3 is 0 Å². The molecule has 0 radical (unpaired) electrons. The number of aryl methyl sites for hydroxylation is 1. The van der Waals surface area contributed by atoms with Gasteiger partial charge in [0, 0.05) is 12.0 Å². The third-order valence-electron chi connectivity index (χ3n) is 3.00. The van der Waals surface area contributed by atoms with Crippen molar-refractivity contribution >= 4 is 23.7 Å². The summed E-state index contributed by atoms with van der Waals surface area (Å²) >= 11 is 5.62. The number of hydrogen-bond acceptors (Lipinski definition) is 3. The predicted octanol–water partition coefficient (Wildman–Crippen LogP) is 3.41. The zero-order valence-corrected chi connectivity index (χ0v) is 12.6. The van der Waals surface area contributed by atoms with Crippen LogP contribution in [0.4, 0.5) is 8.78 Å². The summed E-state index contributed by atoms with van der Waals surface area (Å²) in [5.41, 5.74) is 3.13. The van der Waals surface area contributed by atoms with E-state index in [4.69, 9.17) is 11.6 Å². The quantitative estimate of drug-likeness (QED) is 0.648. The maximum atomic E-state index is 13.2. The van der Waals surface area contributed by atoms with Gasteiger partial charge in [0.2, 0.25) is 5.91 Å². The van der Waals surface area contributed by atoms with Crippen LogP contribution in [0, 0.1) is 11.6 Å². The zero-order valence-electron chi connectivity index (χ0n) is 11.9. The molecule has 0 saturated heterocycles. The number of nitrogens with one attached hydrogen (secondary N) is 1. The van der Waals surface area contributed by atoms with Crippen LogP contribution < -0.4 is 5.43 Å². The highest BCUT2D eigenvalue weighted by atomic mass is 35.5. The topological polar surface area (TPSA) is 61.7 Å². The van der Waals surface area contributed by atoms with E-state index in [-0.39, 0.29) is 34.5 Å². The zero-order chi connectivity index (χ0) is 16.8. The number of halogens is 3. The van der Waals surface area contributed by atoms with Crippen LogP contribution in [-0.2, 0) is 11.2 Å². The lowest BCUT2D eigenvalue weighted by Gasteiger charge is -2.03. The van der Waals surface area contributed by atoms with E-state index in [9.17, 15) is 18.7 Å². The monoisotopic (exact) mass is 338 g/mol. The first-order chi connectivity index (χ1) is 11.0. The van der Waals surface area contributed by atoms with Crippen molar-refractivity contribution < 1.29 is 18.7 Å². The van der Waals surface area contributed by atoms with Crippen molar-refractivity contribution in [3.63, 3.8) is 0 Å². The molecule has 1 amide bonds. The molecule has 0 aromatic heterocycles. The summed E-state index contributed by atoms with van der Waals surface area (Å²) in [5.74, 6) is -1.65. The van der Waals surface area contributed by atoms with E-state index in [0.29, 0.717) is 6.42 Å². The second kappa shape index (κ2) is 7.69. The molecule has 0 aliphatic heterocycles. The average molecular weight is 339 g/mol. The summed E-state index contributed by atoms with van der Waals surface area (Å²) in [6.07, 6.45) is 1.68. The Bertz CT molecular complexity index is 734. The minimum atomic E-state index is -0.628. The molecule has 0 heterocycles. The summed E-state index contributed by atoms with van der Waals surface area (Å²) < 4.78 is 25.9. The van der Waals surface area contributed by atoms with Crippen molar-refractivity contribution in [2.45, 2.75) is 12.8 Å². The van der Waals surface area contributed by atoms with E-state index in [2.05, 4.69) is 10.5 Å². The lowest BCUT2D eigenvalue weighted by atomic mass is 10.1. The Morgan fingerprint density at radius 1 is 1.22 bits per heavy atom. The van der Waals surface area contributed by atoms with Crippen molar-refractivity contribution in [1.29, 1.82) is 0 Å². The molecule has 120 valence electrons. The second-order valence-corrected chi connectivity index (χ2v) is 5.15. The number of carbonyl (C=O) groups is 1. The molecule has 0 fully saturated rings. The Kier molecular flexibility index (Phi) is 5.65. The Morgan fingerprint density at radius 3 is 2.61 bits per heavy atom. The normalized spacial score (nSPS) is 10.9. The second-order valence-electron chi connectivity index (χ2n) is 4.75. The number of phenolic OH excluding ortho intramolecular Hbond substituents is 1. The fourth-order valence-corrected chi connectivity index (χ4v) is 2.04. The molecule has 0 saturated carbocycles. The van der Waals surface area contributed by atoms with Crippen molar-refractivity contribution in [3.05, 3.63) is 64.2 Å². The first-order valence-corrected chi connectivity index (χ1v) is 7.08. The molecule has 0 unspecified atom stereocenters. The molecule has 2 rings (SSSR count). The summed E-state index contributed by atoms with van der Waals surface area (Å²) in [5, 5.41) is 13.1. The number of carbonyl (C=O) groups excluding carboxylic acids is 1. The fourth-order valence-electron chi connectivity index (χ4n) is 1.82. The highest BCUT2D eigenvalue weighted by Crippen LogP contribution is 2.27. The van der Waals surface area contributed by atoms with Crippen LogP contribution in [0.5, 0.6) is 5.75 Å². The van der Waals surface area contributed by atoms with Gasteiger partial charge in [-0.3, -0.25) is 4.79 Å².